The second-order valence-electron chi connectivity index (χ2n) is 6.08. The SMILES string of the molecule is CN(C)S(=O)(=O)N1CCC(C2C(=O)Nc3ccccc32)CC1. The Morgan fingerprint density at radius 3 is 2.45 bits per heavy atom. The molecule has 7 heteroatoms. The van der Waals surface area contributed by atoms with Crippen LogP contribution in [0, 0.1) is 5.92 Å². The predicted molar refractivity (Wildman–Crippen MR) is 84.7 cm³/mol. The topological polar surface area (TPSA) is 69.7 Å². The third-order valence-corrected chi connectivity index (χ3v) is 6.53. The van der Waals surface area contributed by atoms with E-state index in [2.05, 4.69) is 5.32 Å². The Balaban J connectivity index is 1.74. The number of piperidine rings is 1. The van der Waals surface area contributed by atoms with Crippen molar-refractivity contribution >= 4 is 21.8 Å². The molecule has 1 aromatic rings. The lowest BCUT2D eigenvalue weighted by Crippen LogP contribution is -2.45. The molecule has 120 valence electrons. The average molecular weight is 323 g/mol. The maximum absolute atomic E-state index is 12.3. The van der Waals surface area contributed by atoms with Gasteiger partial charge >= 0.3 is 0 Å². The molecule has 3 rings (SSSR count). The van der Waals surface area contributed by atoms with Gasteiger partial charge in [0.1, 0.15) is 0 Å². The molecule has 0 saturated carbocycles. The number of carbonyl (C=O) groups is 1. The molecule has 2 aliphatic rings. The smallest absolute Gasteiger partial charge is 0.281 e. The Labute approximate surface area is 131 Å². The highest BCUT2D eigenvalue weighted by Crippen LogP contribution is 2.41. The summed E-state index contributed by atoms with van der Waals surface area (Å²) in [6, 6.07) is 7.76. The van der Waals surface area contributed by atoms with Gasteiger partial charge in [0.15, 0.2) is 0 Å². The van der Waals surface area contributed by atoms with Crippen LogP contribution >= 0.6 is 0 Å². The summed E-state index contributed by atoms with van der Waals surface area (Å²) in [7, 11) is -0.267. The van der Waals surface area contributed by atoms with E-state index >= 15 is 0 Å². The van der Waals surface area contributed by atoms with Gasteiger partial charge in [0.2, 0.25) is 5.91 Å². The van der Waals surface area contributed by atoms with Crippen molar-refractivity contribution in [1.82, 2.24) is 8.61 Å². The minimum absolute atomic E-state index is 0.0371. The highest BCUT2D eigenvalue weighted by molar-refractivity contribution is 7.86. The number of rotatable bonds is 3. The van der Waals surface area contributed by atoms with Gasteiger partial charge in [-0.3, -0.25) is 4.79 Å². The molecule has 1 amide bonds. The summed E-state index contributed by atoms with van der Waals surface area (Å²) in [6.07, 6.45) is 1.42. The van der Waals surface area contributed by atoms with Crippen LogP contribution in [-0.4, -0.2) is 50.1 Å². The second-order valence-corrected chi connectivity index (χ2v) is 8.22. The molecular formula is C15H21N3O3S. The summed E-state index contributed by atoms with van der Waals surface area (Å²) in [6.45, 7) is 0.939. The van der Waals surface area contributed by atoms with Crippen molar-refractivity contribution in [3.05, 3.63) is 29.8 Å². The van der Waals surface area contributed by atoms with Crippen LogP contribution in [0.2, 0.25) is 0 Å². The third-order valence-electron chi connectivity index (χ3n) is 4.59. The zero-order valence-electron chi connectivity index (χ0n) is 12.8. The zero-order valence-corrected chi connectivity index (χ0v) is 13.6. The summed E-state index contributed by atoms with van der Waals surface area (Å²) in [5.74, 6) is 0.0767. The molecule has 2 heterocycles. The van der Waals surface area contributed by atoms with Crippen LogP contribution in [-0.2, 0) is 15.0 Å². The number of fused-ring (bicyclic) bond motifs is 1. The molecule has 22 heavy (non-hydrogen) atoms. The monoisotopic (exact) mass is 323 g/mol. The van der Waals surface area contributed by atoms with Crippen molar-refractivity contribution in [2.24, 2.45) is 5.92 Å². The molecule has 6 nitrogen and oxygen atoms in total. The molecule has 1 N–H and O–H groups in total. The van der Waals surface area contributed by atoms with Crippen LogP contribution in [0.15, 0.2) is 24.3 Å². The average Bonchev–Trinajstić information content (AvgIpc) is 2.83. The number of anilines is 1. The molecule has 1 atom stereocenters. The highest BCUT2D eigenvalue weighted by Gasteiger charge is 2.39. The first-order valence-electron chi connectivity index (χ1n) is 7.48. The Kier molecular flexibility index (Phi) is 3.96. The first-order valence-corrected chi connectivity index (χ1v) is 8.88. The Bertz CT molecular complexity index is 679. The number of hydrogen-bond acceptors (Lipinski definition) is 3. The predicted octanol–water partition coefficient (Wildman–Crippen LogP) is 1.24. The number of para-hydroxylation sites is 1. The van der Waals surface area contributed by atoms with E-state index in [1.54, 1.807) is 14.1 Å². The first kappa shape index (κ1) is 15.5. The van der Waals surface area contributed by atoms with E-state index in [1.807, 2.05) is 24.3 Å². The van der Waals surface area contributed by atoms with Crippen molar-refractivity contribution < 1.29 is 13.2 Å². The number of amides is 1. The summed E-state index contributed by atoms with van der Waals surface area (Å²) >= 11 is 0. The lowest BCUT2D eigenvalue weighted by atomic mass is 9.81. The summed E-state index contributed by atoms with van der Waals surface area (Å²) in [5.41, 5.74) is 1.93. The number of hydrogen-bond donors (Lipinski definition) is 1. The van der Waals surface area contributed by atoms with Gasteiger partial charge in [0, 0.05) is 32.9 Å². The van der Waals surface area contributed by atoms with Crippen molar-refractivity contribution in [3.63, 3.8) is 0 Å². The number of nitrogens with zero attached hydrogens (tertiary/aromatic N) is 2. The molecule has 1 saturated heterocycles. The Hall–Kier alpha value is -1.44. The number of nitrogens with one attached hydrogen (secondary N) is 1. The molecule has 0 aromatic heterocycles. The van der Waals surface area contributed by atoms with Crippen LogP contribution in [0.5, 0.6) is 0 Å². The molecule has 2 aliphatic heterocycles. The van der Waals surface area contributed by atoms with Crippen LogP contribution in [0.25, 0.3) is 0 Å². The minimum Gasteiger partial charge on any atom is -0.325 e. The summed E-state index contributed by atoms with van der Waals surface area (Å²) in [4.78, 5) is 12.3. The molecule has 0 aliphatic carbocycles. The molecule has 0 radical (unpaired) electrons. The van der Waals surface area contributed by atoms with Gasteiger partial charge in [-0.1, -0.05) is 18.2 Å². The summed E-state index contributed by atoms with van der Waals surface area (Å²) < 4.78 is 27.0. The molecule has 1 aromatic carbocycles. The standard InChI is InChI=1S/C15H21N3O3S/c1-17(2)22(20,21)18-9-7-11(8-10-18)14-12-5-3-4-6-13(12)16-15(14)19/h3-6,11,14H,7-10H2,1-2H3,(H,16,19). The zero-order chi connectivity index (χ0) is 15.9. The van der Waals surface area contributed by atoms with Crippen LogP contribution in [0.3, 0.4) is 0 Å². The second kappa shape index (κ2) is 5.64. The number of carbonyl (C=O) groups excluding carboxylic acids is 1. The van der Waals surface area contributed by atoms with E-state index in [9.17, 15) is 13.2 Å². The van der Waals surface area contributed by atoms with E-state index in [0.717, 1.165) is 11.3 Å². The molecular weight excluding hydrogens is 302 g/mol. The van der Waals surface area contributed by atoms with Gasteiger partial charge in [0.25, 0.3) is 10.2 Å². The van der Waals surface area contributed by atoms with E-state index in [1.165, 1.54) is 8.61 Å². The third kappa shape index (κ3) is 2.53. The Morgan fingerprint density at radius 2 is 1.82 bits per heavy atom. The quantitative estimate of drug-likeness (QED) is 0.910. The minimum atomic E-state index is -3.35. The van der Waals surface area contributed by atoms with E-state index in [4.69, 9.17) is 0 Å². The number of benzene rings is 1. The van der Waals surface area contributed by atoms with E-state index in [0.29, 0.717) is 25.9 Å². The van der Waals surface area contributed by atoms with E-state index < -0.39 is 10.2 Å². The molecule has 1 fully saturated rings. The van der Waals surface area contributed by atoms with Gasteiger partial charge in [0.05, 0.1) is 5.92 Å². The molecule has 0 spiro atoms. The first-order chi connectivity index (χ1) is 10.4. The van der Waals surface area contributed by atoms with Crippen molar-refractivity contribution in [1.29, 1.82) is 0 Å². The lowest BCUT2D eigenvalue weighted by Gasteiger charge is -2.34. The maximum Gasteiger partial charge on any atom is 0.281 e. The van der Waals surface area contributed by atoms with Crippen molar-refractivity contribution in [3.8, 4) is 0 Å². The summed E-state index contributed by atoms with van der Waals surface area (Å²) in [5, 5.41) is 2.93. The fourth-order valence-electron chi connectivity index (χ4n) is 3.37. The highest BCUT2D eigenvalue weighted by atomic mass is 32.2. The lowest BCUT2D eigenvalue weighted by molar-refractivity contribution is -0.118. The van der Waals surface area contributed by atoms with Crippen LogP contribution in [0.4, 0.5) is 5.69 Å². The van der Waals surface area contributed by atoms with Gasteiger partial charge in [-0.15, -0.1) is 0 Å². The van der Waals surface area contributed by atoms with Crippen molar-refractivity contribution in [2.45, 2.75) is 18.8 Å². The fourth-order valence-corrected chi connectivity index (χ4v) is 4.51. The van der Waals surface area contributed by atoms with Crippen molar-refractivity contribution in [2.75, 3.05) is 32.5 Å². The Morgan fingerprint density at radius 1 is 1.18 bits per heavy atom. The van der Waals surface area contributed by atoms with Gasteiger partial charge in [-0.2, -0.15) is 17.0 Å². The fraction of sp³-hybridized carbons (Fsp3) is 0.533. The maximum atomic E-state index is 12.3. The molecule has 1 unspecified atom stereocenters. The van der Waals surface area contributed by atoms with E-state index in [-0.39, 0.29) is 17.7 Å². The molecule has 0 bridgehead atoms. The largest absolute Gasteiger partial charge is 0.325 e. The van der Waals surface area contributed by atoms with Crippen LogP contribution < -0.4 is 5.32 Å². The van der Waals surface area contributed by atoms with Crippen LogP contribution in [0.1, 0.15) is 24.3 Å². The normalized spacial score (nSPS) is 23.6. The van der Waals surface area contributed by atoms with Gasteiger partial charge in [-0.05, 0) is 30.4 Å². The van der Waals surface area contributed by atoms with Gasteiger partial charge in [-0.25, -0.2) is 0 Å². The van der Waals surface area contributed by atoms with Gasteiger partial charge < -0.3 is 5.32 Å².